The van der Waals surface area contributed by atoms with E-state index in [1.807, 2.05) is 25.3 Å². The van der Waals surface area contributed by atoms with Crippen LogP contribution in [0.1, 0.15) is 22.4 Å². The number of nitrogens with one attached hydrogen (secondary N) is 1. The molecule has 0 aliphatic heterocycles. The molecule has 114 valence electrons. The third kappa shape index (κ3) is 4.33. The maximum atomic E-state index is 6.32. The Balaban J connectivity index is 2.14. The molecule has 2 rings (SSSR count). The van der Waals surface area contributed by atoms with E-state index < -0.39 is 0 Å². The van der Waals surface area contributed by atoms with E-state index in [0.29, 0.717) is 23.1 Å². The molecule has 21 heavy (non-hydrogen) atoms. The van der Waals surface area contributed by atoms with Gasteiger partial charge in [-0.25, -0.2) is 4.98 Å². The molecule has 0 atom stereocenters. The van der Waals surface area contributed by atoms with E-state index >= 15 is 0 Å². The standard InChI is InChI=1S/C15H19ClN2O2S/c1-4-17-7-11-5-13(16)15(14(6-11)19-3)20-9-12-8-18-10(2)21-12/h5-6,8,17H,4,7,9H2,1-3H3. The Labute approximate surface area is 134 Å². The van der Waals surface area contributed by atoms with Crippen molar-refractivity contribution in [3.05, 3.63) is 38.8 Å². The zero-order valence-corrected chi connectivity index (χ0v) is 14.0. The molecular weight excluding hydrogens is 308 g/mol. The summed E-state index contributed by atoms with van der Waals surface area (Å²) in [7, 11) is 1.62. The van der Waals surface area contributed by atoms with Crippen molar-refractivity contribution >= 4 is 22.9 Å². The Hall–Kier alpha value is -1.30. The van der Waals surface area contributed by atoms with Gasteiger partial charge in [0.25, 0.3) is 0 Å². The third-order valence-electron chi connectivity index (χ3n) is 2.90. The van der Waals surface area contributed by atoms with E-state index in [1.165, 1.54) is 0 Å². The number of hydrogen-bond donors (Lipinski definition) is 1. The van der Waals surface area contributed by atoms with E-state index in [0.717, 1.165) is 28.5 Å². The number of thiazole rings is 1. The van der Waals surface area contributed by atoms with E-state index in [1.54, 1.807) is 18.4 Å². The van der Waals surface area contributed by atoms with E-state index in [4.69, 9.17) is 21.1 Å². The Bertz CT molecular complexity index is 601. The largest absolute Gasteiger partial charge is 0.493 e. The highest BCUT2D eigenvalue weighted by Crippen LogP contribution is 2.37. The molecule has 1 aromatic carbocycles. The highest BCUT2D eigenvalue weighted by molar-refractivity contribution is 7.11. The fraction of sp³-hybridized carbons (Fsp3) is 0.400. The molecule has 1 N–H and O–H groups in total. The number of hydrogen-bond acceptors (Lipinski definition) is 5. The van der Waals surface area contributed by atoms with Crippen molar-refractivity contribution in [1.29, 1.82) is 0 Å². The summed E-state index contributed by atoms with van der Waals surface area (Å²) in [5, 5.41) is 4.84. The zero-order chi connectivity index (χ0) is 15.2. The number of methoxy groups -OCH3 is 1. The Kier molecular flexibility index (Phi) is 5.85. The first-order valence-electron chi connectivity index (χ1n) is 6.75. The molecular formula is C15H19ClN2O2S. The van der Waals surface area contributed by atoms with E-state index in [2.05, 4.69) is 17.2 Å². The smallest absolute Gasteiger partial charge is 0.180 e. The van der Waals surface area contributed by atoms with Crippen LogP contribution in [0, 0.1) is 6.92 Å². The summed E-state index contributed by atoms with van der Waals surface area (Å²) in [4.78, 5) is 5.27. The van der Waals surface area contributed by atoms with Crippen LogP contribution in [-0.4, -0.2) is 18.6 Å². The maximum Gasteiger partial charge on any atom is 0.180 e. The van der Waals surface area contributed by atoms with Crippen LogP contribution in [0.25, 0.3) is 0 Å². The molecule has 0 aliphatic rings. The second kappa shape index (κ2) is 7.64. The van der Waals surface area contributed by atoms with Crippen molar-refractivity contribution in [2.24, 2.45) is 0 Å². The van der Waals surface area contributed by atoms with Gasteiger partial charge in [-0.3, -0.25) is 0 Å². The van der Waals surface area contributed by atoms with Gasteiger partial charge in [0.1, 0.15) is 6.61 Å². The lowest BCUT2D eigenvalue weighted by Gasteiger charge is -2.14. The van der Waals surface area contributed by atoms with Gasteiger partial charge >= 0.3 is 0 Å². The predicted molar refractivity (Wildman–Crippen MR) is 86.6 cm³/mol. The van der Waals surface area contributed by atoms with Crippen molar-refractivity contribution in [2.75, 3.05) is 13.7 Å². The van der Waals surface area contributed by atoms with Gasteiger partial charge in [0.05, 0.1) is 22.0 Å². The topological polar surface area (TPSA) is 43.4 Å². The lowest BCUT2D eigenvalue weighted by molar-refractivity contribution is 0.287. The second-order valence-electron chi connectivity index (χ2n) is 4.52. The molecule has 1 heterocycles. The maximum absolute atomic E-state index is 6.32. The van der Waals surface area contributed by atoms with E-state index in [9.17, 15) is 0 Å². The number of benzene rings is 1. The first-order chi connectivity index (χ1) is 10.1. The highest BCUT2D eigenvalue weighted by atomic mass is 35.5. The summed E-state index contributed by atoms with van der Waals surface area (Å²) in [5.41, 5.74) is 1.07. The number of halogens is 1. The molecule has 1 aromatic heterocycles. The van der Waals surface area contributed by atoms with Gasteiger partial charge in [-0.1, -0.05) is 18.5 Å². The molecule has 0 bridgehead atoms. The summed E-state index contributed by atoms with van der Waals surface area (Å²) in [6.45, 7) is 6.13. The van der Waals surface area contributed by atoms with Crippen LogP contribution < -0.4 is 14.8 Å². The first kappa shape index (κ1) is 16.1. The van der Waals surface area contributed by atoms with Crippen LogP contribution in [0.2, 0.25) is 5.02 Å². The normalized spacial score (nSPS) is 10.7. The fourth-order valence-electron chi connectivity index (χ4n) is 1.90. The number of nitrogens with zero attached hydrogens (tertiary/aromatic N) is 1. The number of aromatic nitrogens is 1. The van der Waals surface area contributed by atoms with Gasteiger partial charge in [0, 0.05) is 12.7 Å². The zero-order valence-electron chi connectivity index (χ0n) is 12.4. The lowest BCUT2D eigenvalue weighted by atomic mass is 10.2. The molecule has 0 spiro atoms. The fourth-order valence-corrected chi connectivity index (χ4v) is 2.90. The molecule has 0 fully saturated rings. The lowest BCUT2D eigenvalue weighted by Crippen LogP contribution is -2.12. The minimum atomic E-state index is 0.439. The number of aryl methyl sites for hydroxylation is 1. The molecule has 0 amide bonds. The minimum Gasteiger partial charge on any atom is -0.493 e. The summed E-state index contributed by atoms with van der Waals surface area (Å²) in [5.74, 6) is 1.22. The highest BCUT2D eigenvalue weighted by Gasteiger charge is 2.12. The average Bonchev–Trinajstić information content (AvgIpc) is 2.89. The SMILES string of the molecule is CCNCc1cc(Cl)c(OCc2cnc(C)s2)c(OC)c1. The Morgan fingerprint density at radius 1 is 1.38 bits per heavy atom. The molecule has 4 nitrogen and oxygen atoms in total. The molecule has 6 heteroatoms. The van der Waals surface area contributed by atoms with Crippen molar-refractivity contribution < 1.29 is 9.47 Å². The third-order valence-corrected chi connectivity index (χ3v) is 4.06. The van der Waals surface area contributed by atoms with Crippen molar-refractivity contribution in [2.45, 2.75) is 27.0 Å². The monoisotopic (exact) mass is 326 g/mol. The Morgan fingerprint density at radius 2 is 2.19 bits per heavy atom. The molecule has 0 unspecified atom stereocenters. The first-order valence-corrected chi connectivity index (χ1v) is 7.94. The van der Waals surface area contributed by atoms with Crippen LogP contribution in [0.4, 0.5) is 0 Å². The summed E-state index contributed by atoms with van der Waals surface area (Å²) in [6, 6.07) is 3.85. The Morgan fingerprint density at radius 3 is 2.81 bits per heavy atom. The van der Waals surface area contributed by atoms with Crippen LogP contribution in [0.15, 0.2) is 18.3 Å². The molecule has 0 saturated heterocycles. The second-order valence-corrected chi connectivity index (χ2v) is 6.25. The van der Waals surface area contributed by atoms with Crippen LogP contribution in [0.3, 0.4) is 0 Å². The predicted octanol–water partition coefficient (Wildman–Crippen LogP) is 3.80. The van der Waals surface area contributed by atoms with Gasteiger partial charge in [0.15, 0.2) is 11.5 Å². The summed E-state index contributed by atoms with van der Waals surface area (Å²) >= 11 is 7.93. The molecule has 0 aliphatic carbocycles. The van der Waals surface area contributed by atoms with Gasteiger partial charge in [-0.05, 0) is 31.2 Å². The van der Waals surface area contributed by atoms with Crippen molar-refractivity contribution in [3.8, 4) is 11.5 Å². The van der Waals surface area contributed by atoms with Gasteiger partial charge in [-0.2, -0.15) is 0 Å². The van der Waals surface area contributed by atoms with E-state index in [-0.39, 0.29) is 0 Å². The summed E-state index contributed by atoms with van der Waals surface area (Å²) < 4.78 is 11.2. The van der Waals surface area contributed by atoms with Crippen LogP contribution in [-0.2, 0) is 13.2 Å². The average molecular weight is 327 g/mol. The van der Waals surface area contributed by atoms with Crippen molar-refractivity contribution in [1.82, 2.24) is 10.3 Å². The van der Waals surface area contributed by atoms with Gasteiger partial charge in [0.2, 0.25) is 0 Å². The van der Waals surface area contributed by atoms with Crippen molar-refractivity contribution in [3.63, 3.8) is 0 Å². The molecule has 2 aromatic rings. The van der Waals surface area contributed by atoms with Gasteiger partial charge in [-0.15, -0.1) is 11.3 Å². The molecule has 0 saturated carbocycles. The van der Waals surface area contributed by atoms with Crippen LogP contribution in [0.5, 0.6) is 11.5 Å². The number of rotatable bonds is 7. The molecule has 0 radical (unpaired) electrons. The summed E-state index contributed by atoms with van der Waals surface area (Å²) in [6.07, 6.45) is 1.82. The minimum absolute atomic E-state index is 0.439. The van der Waals surface area contributed by atoms with Gasteiger partial charge < -0.3 is 14.8 Å². The number of ether oxygens (including phenoxy) is 2. The van der Waals surface area contributed by atoms with Crippen LogP contribution >= 0.6 is 22.9 Å². The quantitative estimate of drug-likeness (QED) is 0.840.